The van der Waals surface area contributed by atoms with Gasteiger partial charge in [-0.1, -0.05) is 0 Å². The van der Waals surface area contributed by atoms with Crippen molar-refractivity contribution in [1.82, 2.24) is 4.57 Å². The second kappa shape index (κ2) is 2.58. The van der Waals surface area contributed by atoms with E-state index in [0.29, 0.717) is 0 Å². The van der Waals surface area contributed by atoms with Crippen LogP contribution in [0.25, 0.3) is 0 Å². The van der Waals surface area contributed by atoms with Crippen molar-refractivity contribution >= 4 is 5.97 Å². The van der Waals surface area contributed by atoms with Gasteiger partial charge in [-0.2, -0.15) is 8.78 Å². The summed E-state index contributed by atoms with van der Waals surface area (Å²) in [6, 6.07) is 1.08. The zero-order valence-electron chi connectivity index (χ0n) is 6.29. The summed E-state index contributed by atoms with van der Waals surface area (Å²) in [6.07, 6.45) is 2.44. The fourth-order valence-corrected chi connectivity index (χ4v) is 0.813. The van der Waals surface area contributed by atoms with Crippen molar-refractivity contribution in [3.05, 3.63) is 24.0 Å². The molecule has 0 radical (unpaired) electrons. The van der Waals surface area contributed by atoms with Crippen LogP contribution < -0.4 is 0 Å². The molecule has 0 aliphatic heterocycles. The Bertz CT molecular complexity index is 306. The number of aliphatic carboxylic acids is 1. The molecule has 5 heteroatoms. The summed E-state index contributed by atoms with van der Waals surface area (Å²) in [5.74, 6) is -5.92. The largest absolute Gasteiger partial charge is 0.477 e. The van der Waals surface area contributed by atoms with Crippen LogP contribution in [0.1, 0.15) is 5.56 Å². The molecule has 0 saturated carbocycles. The standard InChI is InChI=1S/C7H7F2NO2/c1-10-3-2-5(4-10)7(8,9)6(11)12/h2-4H,1H3,(H,11,12). The molecule has 1 rings (SSSR count). The molecular formula is C7H7F2NO2. The molecule has 0 fully saturated rings. The molecule has 12 heavy (non-hydrogen) atoms. The van der Waals surface area contributed by atoms with Crippen LogP contribution in [-0.2, 0) is 17.8 Å². The third-order valence-corrected chi connectivity index (χ3v) is 1.46. The molecule has 1 aromatic heterocycles. The highest BCUT2D eigenvalue weighted by Gasteiger charge is 2.41. The Hall–Kier alpha value is -1.39. The summed E-state index contributed by atoms with van der Waals surface area (Å²) >= 11 is 0. The number of aryl methyl sites for hydroxylation is 1. The van der Waals surface area contributed by atoms with Crippen LogP contribution in [0.5, 0.6) is 0 Å². The molecule has 3 nitrogen and oxygen atoms in total. The molecule has 0 aromatic carbocycles. The van der Waals surface area contributed by atoms with Gasteiger partial charge in [-0.25, -0.2) is 4.79 Å². The third kappa shape index (κ3) is 1.30. The smallest absolute Gasteiger partial charge is 0.379 e. The Morgan fingerprint density at radius 2 is 2.25 bits per heavy atom. The van der Waals surface area contributed by atoms with E-state index >= 15 is 0 Å². The highest BCUT2D eigenvalue weighted by atomic mass is 19.3. The maximum Gasteiger partial charge on any atom is 0.379 e. The van der Waals surface area contributed by atoms with Crippen LogP contribution in [0.3, 0.4) is 0 Å². The van der Waals surface area contributed by atoms with Gasteiger partial charge in [-0.3, -0.25) is 0 Å². The number of carboxylic acids is 1. The zero-order chi connectivity index (χ0) is 9.35. The normalized spacial score (nSPS) is 11.6. The first-order chi connectivity index (χ1) is 5.44. The first-order valence-electron chi connectivity index (χ1n) is 3.18. The summed E-state index contributed by atoms with van der Waals surface area (Å²) in [4.78, 5) is 10.1. The van der Waals surface area contributed by atoms with Crippen LogP contribution in [0.4, 0.5) is 8.78 Å². The van der Waals surface area contributed by atoms with E-state index in [1.165, 1.54) is 10.8 Å². The van der Waals surface area contributed by atoms with E-state index in [-0.39, 0.29) is 0 Å². The number of hydrogen-bond donors (Lipinski definition) is 1. The summed E-state index contributed by atoms with van der Waals surface area (Å²) in [5, 5.41) is 8.14. The molecule has 0 amide bonds. The maximum atomic E-state index is 12.7. The summed E-state index contributed by atoms with van der Waals surface area (Å²) in [7, 11) is 1.54. The number of aromatic nitrogens is 1. The van der Waals surface area contributed by atoms with Gasteiger partial charge in [0.25, 0.3) is 0 Å². The van der Waals surface area contributed by atoms with Crippen LogP contribution in [0.2, 0.25) is 0 Å². The van der Waals surface area contributed by atoms with Gasteiger partial charge in [0.05, 0.1) is 5.56 Å². The minimum atomic E-state index is -3.79. The maximum absolute atomic E-state index is 12.7. The molecule has 0 unspecified atom stereocenters. The van der Waals surface area contributed by atoms with Crippen molar-refractivity contribution in [2.24, 2.45) is 7.05 Å². The van der Waals surface area contributed by atoms with Crippen molar-refractivity contribution in [2.75, 3.05) is 0 Å². The lowest BCUT2D eigenvalue weighted by Gasteiger charge is -2.07. The van der Waals surface area contributed by atoms with Crippen molar-refractivity contribution in [3.63, 3.8) is 0 Å². The first-order valence-corrected chi connectivity index (χ1v) is 3.18. The second-order valence-electron chi connectivity index (χ2n) is 2.45. The number of carboxylic acid groups (broad SMARTS) is 1. The van der Waals surface area contributed by atoms with E-state index in [1.807, 2.05) is 0 Å². The third-order valence-electron chi connectivity index (χ3n) is 1.46. The topological polar surface area (TPSA) is 42.2 Å². The number of alkyl halides is 2. The lowest BCUT2D eigenvalue weighted by atomic mass is 10.2. The second-order valence-corrected chi connectivity index (χ2v) is 2.45. The molecule has 0 saturated heterocycles. The Morgan fingerprint density at radius 3 is 2.58 bits per heavy atom. The monoisotopic (exact) mass is 175 g/mol. The van der Waals surface area contributed by atoms with Crippen molar-refractivity contribution in [3.8, 4) is 0 Å². The van der Waals surface area contributed by atoms with Gasteiger partial charge < -0.3 is 9.67 Å². The number of carbonyl (C=O) groups is 1. The van der Waals surface area contributed by atoms with Gasteiger partial charge in [0.1, 0.15) is 0 Å². The summed E-state index contributed by atoms with van der Waals surface area (Å²) in [5.41, 5.74) is -0.502. The lowest BCUT2D eigenvalue weighted by molar-refractivity contribution is -0.166. The van der Waals surface area contributed by atoms with Gasteiger partial charge in [0, 0.05) is 19.4 Å². The van der Waals surface area contributed by atoms with E-state index in [4.69, 9.17) is 5.11 Å². The molecule has 1 N–H and O–H groups in total. The summed E-state index contributed by atoms with van der Waals surface area (Å²) < 4.78 is 26.7. The van der Waals surface area contributed by atoms with Crippen LogP contribution in [-0.4, -0.2) is 15.6 Å². The number of hydrogen-bond acceptors (Lipinski definition) is 1. The van der Waals surface area contributed by atoms with E-state index in [0.717, 1.165) is 12.3 Å². The average Bonchev–Trinajstić information content (AvgIpc) is 2.35. The predicted molar refractivity (Wildman–Crippen MR) is 36.9 cm³/mol. The van der Waals surface area contributed by atoms with Gasteiger partial charge in [-0.15, -0.1) is 0 Å². The quantitative estimate of drug-likeness (QED) is 0.733. The minimum absolute atomic E-state index is 0.502. The lowest BCUT2D eigenvalue weighted by Crippen LogP contribution is -2.24. The van der Waals surface area contributed by atoms with Crippen molar-refractivity contribution < 1.29 is 18.7 Å². The number of rotatable bonds is 2. The number of nitrogens with zero attached hydrogens (tertiary/aromatic N) is 1. The summed E-state index contributed by atoms with van der Waals surface area (Å²) in [6.45, 7) is 0. The Kier molecular flexibility index (Phi) is 1.87. The molecule has 0 aliphatic rings. The van der Waals surface area contributed by atoms with Crippen LogP contribution in [0, 0.1) is 0 Å². The van der Waals surface area contributed by atoms with Gasteiger partial charge in [-0.05, 0) is 6.07 Å². The molecular weight excluding hydrogens is 168 g/mol. The molecule has 0 atom stereocenters. The first kappa shape index (κ1) is 8.70. The Balaban J connectivity index is 3.05. The van der Waals surface area contributed by atoms with E-state index in [9.17, 15) is 13.6 Å². The van der Waals surface area contributed by atoms with Crippen molar-refractivity contribution in [1.29, 1.82) is 0 Å². The van der Waals surface area contributed by atoms with E-state index in [2.05, 4.69) is 0 Å². The molecule has 0 bridgehead atoms. The molecule has 0 spiro atoms. The van der Waals surface area contributed by atoms with Gasteiger partial charge in [0.15, 0.2) is 0 Å². The fraction of sp³-hybridized carbons (Fsp3) is 0.286. The van der Waals surface area contributed by atoms with Crippen LogP contribution >= 0.6 is 0 Å². The number of halogens is 2. The van der Waals surface area contributed by atoms with Gasteiger partial charge in [0.2, 0.25) is 0 Å². The highest BCUT2D eigenvalue weighted by Crippen LogP contribution is 2.27. The zero-order valence-corrected chi connectivity index (χ0v) is 6.29. The SMILES string of the molecule is Cn1ccc(C(F)(F)C(=O)O)c1. The average molecular weight is 175 g/mol. The minimum Gasteiger partial charge on any atom is -0.477 e. The van der Waals surface area contributed by atoms with E-state index in [1.54, 1.807) is 7.05 Å². The van der Waals surface area contributed by atoms with Crippen molar-refractivity contribution in [2.45, 2.75) is 5.92 Å². The van der Waals surface area contributed by atoms with Crippen LogP contribution in [0.15, 0.2) is 18.5 Å². The Morgan fingerprint density at radius 1 is 1.67 bits per heavy atom. The Labute approximate surface area is 67.2 Å². The van der Waals surface area contributed by atoms with E-state index < -0.39 is 17.5 Å². The fourth-order valence-electron chi connectivity index (χ4n) is 0.813. The molecule has 0 aliphatic carbocycles. The van der Waals surface area contributed by atoms with Gasteiger partial charge >= 0.3 is 11.9 Å². The molecule has 1 heterocycles. The predicted octanol–water partition coefficient (Wildman–Crippen LogP) is 1.20. The highest BCUT2D eigenvalue weighted by molar-refractivity contribution is 5.77. The molecule has 1 aromatic rings. The molecule has 66 valence electrons.